The normalized spacial score (nSPS) is 16.0. The Morgan fingerprint density at radius 1 is 1.24 bits per heavy atom. The molecule has 1 saturated heterocycles. The lowest BCUT2D eigenvalue weighted by molar-refractivity contribution is -0.150. The minimum absolute atomic E-state index is 0.124. The lowest BCUT2D eigenvalue weighted by Gasteiger charge is -2.31. The molecule has 8 heteroatoms. The Labute approximate surface area is 142 Å². The number of halogens is 4. The summed E-state index contributed by atoms with van der Waals surface area (Å²) >= 11 is 0. The van der Waals surface area contributed by atoms with E-state index in [4.69, 9.17) is 4.74 Å². The van der Waals surface area contributed by atoms with Gasteiger partial charge >= 0.3 is 12.1 Å². The van der Waals surface area contributed by atoms with Gasteiger partial charge in [-0.1, -0.05) is 6.92 Å². The fraction of sp³-hybridized carbons (Fsp3) is 0.529. The first-order valence-corrected chi connectivity index (χ1v) is 8.06. The summed E-state index contributed by atoms with van der Waals surface area (Å²) in [6.45, 7) is 2.43. The van der Waals surface area contributed by atoms with Gasteiger partial charge in [-0.2, -0.15) is 13.2 Å². The molecule has 25 heavy (non-hydrogen) atoms. The van der Waals surface area contributed by atoms with Gasteiger partial charge in [0.2, 0.25) is 0 Å². The zero-order valence-corrected chi connectivity index (χ0v) is 13.7. The van der Waals surface area contributed by atoms with Crippen molar-refractivity contribution in [3.63, 3.8) is 0 Å². The number of esters is 1. The van der Waals surface area contributed by atoms with Crippen molar-refractivity contribution in [3.8, 4) is 0 Å². The van der Waals surface area contributed by atoms with E-state index >= 15 is 0 Å². The smallest absolute Gasteiger partial charge is 0.417 e. The zero-order chi connectivity index (χ0) is 18.6. The van der Waals surface area contributed by atoms with Gasteiger partial charge in [-0.25, -0.2) is 4.39 Å². The fourth-order valence-corrected chi connectivity index (χ4v) is 2.75. The van der Waals surface area contributed by atoms with Gasteiger partial charge in [0.15, 0.2) is 0 Å². The van der Waals surface area contributed by atoms with Crippen LogP contribution in [0.3, 0.4) is 0 Å². The summed E-state index contributed by atoms with van der Waals surface area (Å²) in [5, 5.41) is 0. The number of hydrogen-bond acceptors (Lipinski definition) is 3. The molecule has 138 valence electrons. The van der Waals surface area contributed by atoms with Gasteiger partial charge < -0.3 is 9.64 Å². The molecular weight excluding hydrogens is 342 g/mol. The predicted molar refractivity (Wildman–Crippen MR) is 81.3 cm³/mol. The van der Waals surface area contributed by atoms with Crippen LogP contribution in [0, 0.1) is 11.7 Å². The molecular formula is C17H19F4NO3. The molecule has 1 aromatic rings. The fourth-order valence-electron chi connectivity index (χ4n) is 2.75. The van der Waals surface area contributed by atoms with Crippen LogP contribution in [-0.2, 0) is 15.7 Å². The molecule has 1 aliphatic rings. The standard InChI is InChI=1S/C17H19F4NO3/c1-2-9-25-16(24)11-5-7-22(8-6-11)15(23)13-10-12(18)3-4-14(13)17(19,20)21/h3-4,10-11H,2,5-9H2,1H3. The lowest BCUT2D eigenvalue weighted by Crippen LogP contribution is -2.41. The number of piperidine rings is 1. The summed E-state index contributed by atoms with van der Waals surface area (Å²) in [6.07, 6.45) is -3.43. The van der Waals surface area contributed by atoms with Crippen LogP contribution in [-0.4, -0.2) is 36.5 Å². The number of carbonyl (C=O) groups excluding carboxylic acids is 2. The Hall–Kier alpha value is -2.12. The van der Waals surface area contributed by atoms with E-state index in [0.29, 0.717) is 44.1 Å². The average Bonchev–Trinajstić information content (AvgIpc) is 2.58. The molecule has 0 atom stereocenters. The minimum atomic E-state index is -4.75. The molecule has 0 aromatic heterocycles. The molecule has 0 N–H and O–H groups in total. The highest BCUT2D eigenvalue weighted by atomic mass is 19.4. The largest absolute Gasteiger partial charge is 0.465 e. The van der Waals surface area contributed by atoms with E-state index in [2.05, 4.69) is 0 Å². The third-order valence-corrected chi connectivity index (χ3v) is 4.08. The molecule has 0 saturated carbocycles. The van der Waals surface area contributed by atoms with E-state index in [-0.39, 0.29) is 25.0 Å². The van der Waals surface area contributed by atoms with Gasteiger partial charge in [-0.3, -0.25) is 9.59 Å². The second-order valence-corrected chi connectivity index (χ2v) is 5.92. The number of nitrogens with zero attached hydrogens (tertiary/aromatic N) is 1. The van der Waals surface area contributed by atoms with E-state index in [1.54, 1.807) is 0 Å². The van der Waals surface area contributed by atoms with Crippen LogP contribution in [0.4, 0.5) is 17.6 Å². The highest BCUT2D eigenvalue weighted by Crippen LogP contribution is 2.33. The van der Waals surface area contributed by atoms with Crippen LogP contribution >= 0.6 is 0 Å². The Kier molecular flexibility index (Phi) is 6.02. The Morgan fingerprint density at radius 3 is 2.44 bits per heavy atom. The summed E-state index contributed by atoms with van der Waals surface area (Å²) in [5.41, 5.74) is -1.87. The zero-order valence-electron chi connectivity index (χ0n) is 13.7. The molecule has 0 spiro atoms. The minimum Gasteiger partial charge on any atom is -0.465 e. The maximum Gasteiger partial charge on any atom is 0.417 e. The molecule has 1 amide bonds. The number of likely N-dealkylation sites (tertiary alicyclic amines) is 1. The number of carbonyl (C=O) groups is 2. The average molecular weight is 361 g/mol. The second kappa shape index (κ2) is 7.84. The van der Waals surface area contributed by atoms with Gasteiger partial charge in [0.25, 0.3) is 5.91 Å². The molecule has 0 unspecified atom stereocenters. The van der Waals surface area contributed by atoms with Crippen LogP contribution in [0.5, 0.6) is 0 Å². The van der Waals surface area contributed by atoms with E-state index in [0.717, 1.165) is 0 Å². The van der Waals surface area contributed by atoms with E-state index in [1.807, 2.05) is 6.92 Å². The predicted octanol–water partition coefficient (Wildman–Crippen LogP) is 3.65. The molecule has 1 aliphatic heterocycles. The summed E-state index contributed by atoms with van der Waals surface area (Å²) in [7, 11) is 0. The topological polar surface area (TPSA) is 46.6 Å². The van der Waals surface area contributed by atoms with E-state index in [9.17, 15) is 27.2 Å². The third kappa shape index (κ3) is 4.70. The van der Waals surface area contributed by atoms with Gasteiger partial charge in [0.05, 0.1) is 23.7 Å². The molecule has 1 fully saturated rings. The van der Waals surface area contributed by atoms with E-state index in [1.165, 1.54) is 4.90 Å². The summed E-state index contributed by atoms with van der Waals surface area (Å²) in [5.74, 6) is -2.51. The van der Waals surface area contributed by atoms with Gasteiger partial charge in [-0.15, -0.1) is 0 Å². The van der Waals surface area contributed by atoms with Crippen molar-refractivity contribution in [2.45, 2.75) is 32.4 Å². The Balaban J connectivity index is 2.08. The first-order valence-electron chi connectivity index (χ1n) is 8.06. The van der Waals surface area contributed by atoms with Crippen molar-refractivity contribution in [3.05, 3.63) is 35.1 Å². The first kappa shape index (κ1) is 19.2. The Morgan fingerprint density at radius 2 is 1.88 bits per heavy atom. The van der Waals surface area contributed by atoms with Crippen molar-refractivity contribution in [1.29, 1.82) is 0 Å². The van der Waals surface area contributed by atoms with Crippen molar-refractivity contribution < 1.29 is 31.9 Å². The van der Waals surface area contributed by atoms with Crippen molar-refractivity contribution in [2.75, 3.05) is 19.7 Å². The van der Waals surface area contributed by atoms with Gasteiger partial charge in [0, 0.05) is 13.1 Å². The maximum absolute atomic E-state index is 13.3. The highest BCUT2D eigenvalue weighted by Gasteiger charge is 2.37. The quantitative estimate of drug-likeness (QED) is 0.608. The summed E-state index contributed by atoms with van der Waals surface area (Å²) in [4.78, 5) is 25.4. The number of alkyl halides is 3. The highest BCUT2D eigenvalue weighted by molar-refractivity contribution is 5.96. The Bertz CT molecular complexity index is 637. The molecule has 1 heterocycles. The van der Waals surface area contributed by atoms with Crippen molar-refractivity contribution >= 4 is 11.9 Å². The number of hydrogen-bond donors (Lipinski definition) is 0. The SMILES string of the molecule is CCCOC(=O)C1CCN(C(=O)c2cc(F)ccc2C(F)(F)F)CC1. The van der Waals surface area contributed by atoms with Crippen LogP contribution in [0.2, 0.25) is 0 Å². The summed E-state index contributed by atoms with van der Waals surface area (Å²) in [6, 6.07) is 1.85. The number of ether oxygens (including phenoxy) is 1. The van der Waals surface area contributed by atoms with Gasteiger partial charge in [0.1, 0.15) is 5.82 Å². The van der Waals surface area contributed by atoms with Crippen LogP contribution in [0.15, 0.2) is 18.2 Å². The lowest BCUT2D eigenvalue weighted by atomic mass is 9.96. The number of benzene rings is 1. The molecule has 2 rings (SSSR count). The second-order valence-electron chi connectivity index (χ2n) is 5.92. The van der Waals surface area contributed by atoms with E-state index < -0.39 is 29.0 Å². The van der Waals surface area contributed by atoms with Crippen LogP contribution in [0.1, 0.15) is 42.1 Å². The molecule has 1 aromatic carbocycles. The molecule has 0 radical (unpaired) electrons. The monoisotopic (exact) mass is 361 g/mol. The van der Waals surface area contributed by atoms with Crippen LogP contribution < -0.4 is 0 Å². The van der Waals surface area contributed by atoms with Crippen LogP contribution in [0.25, 0.3) is 0 Å². The number of amides is 1. The number of rotatable bonds is 4. The summed E-state index contributed by atoms with van der Waals surface area (Å²) < 4.78 is 57.5. The van der Waals surface area contributed by atoms with Crippen molar-refractivity contribution in [2.24, 2.45) is 5.92 Å². The van der Waals surface area contributed by atoms with Gasteiger partial charge in [-0.05, 0) is 37.5 Å². The maximum atomic E-state index is 13.3. The first-order chi connectivity index (χ1) is 11.7. The molecule has 0 aliphatic carbocycles. The third-order valence-electron chi connectivity index (χ3n) is 4.08. The molecule has 4 nitrogen and oxygen atoms in total. The van der Waals surface area contributed by atoms with Crippen molar-refractivity contribution in [1.82, 2.24) is 4.90 Å². The molecule has 0 bridgehead atoms.